The molecular formula is C14H16ClNO4. The quantitative estimate of drug-likeness (QED) is 0.743. The molecule has 4 N–H and O–H groups in total. The number of carboxylic acids is 2. The number of rotatable bonds is 6. The molecule has 3 atom stereocenters. The van der Waals surface area contributed by atoms with Gasteiger partial charge in [0.25, 0.3) is 0 Å². The highest BCUT2D eigenvalue weighted by molar-refractivity contribution is 6.30. The first kappa shape index (κ1) is 14.8. The van der Waals surface area contributed by atoms with Crippen LogP contribution in [-0.4, -0.2) is 27.7 Å². The van der Waals surface area contributed by atoms with Gasteiger partial charge in [0.15, 0.2) is 0 Å². The van der Waals surface area contributed by atoms with Crippen molar-refractivity contribution in [1.82, 2.24) is 0 Å². The van der Waals surface area contributed by atoms with Gasteiger partial charge in [-0.3, -0.25) is 9.59 Å². The van der Waals surface area contributed by atoms with Gasteiger partial charge in [-0.05, 0) is 37.0 Å². The summed E-state index contributed by atoms with van der Waals surface area (Å²) < 4.78 is 0. The fourth-order valence-electron chi connectivity index (χ4n) is 2.53. The molecule has 0 aliphatic heterocycles. The van der Waals surface area contributed by atoms with Crippen molar-refractivity contribution in [1.29, 1.82) is 0 Å². The van der Waals surface area contributed by atoms with Crippen LogP contribution in [0.5, 0.6) is 0 Å². The zero-order valence-electron chi connectivity index (χ0n) is 10.8. The zero-order valence-corrected chi connectivity index (χ0v) is 11.5. The van der Waals surface area contributed by atoms with Gasteiger partial charge in [0.1, 0.15) is 5.54 Å². The Hall–Kier alpha value is -1.59. The van der Waals surface area contributed by atoms with Crippen LogP contribution in [0.1, 0.15) is 18.4 Å². The SMILES string of the molecule is NC(CCc1cccc(Cl)c1)(C(=O)O)C1CC1C(=O)O. The summed E-state index contributed by atoms with van der Waals surface area (Å²) in [4.78, 5) is 22.3. The van der Waals surface area contributed by atoms with Gasteiger partial charge >= 0.3 is 11.9 Å². The van der Waals surface area contributed by atoms with Crippen LogP contribution in [0.25, 0.3) is 0 Å². The molecule has 1 aliphatic rings. The van der Waals surface area contributed by atoms with Crippen LogP contribution in [0.2, 0.25) is 5.02 Å². The number of benzene rings is 1. The molecule has 0 radical (unpaired) electrons. The Morgan fingerprint density at radius 2 is 2.10 bits per heavy atom. The first-order valence-electron chi connectivity index (χ1n) is 6.34. The van der Waals surface area contributed by atoms with E-state index in [0.717, 1.165) is 5.56 Å². The third kappa shape index (κ3) is 2.94. The van der Waals surface area contributed by atoms with E-state index in [1.807, 2.05) is 6.07 Å². The fraction of sp³-hybridized carbons (Fsp3) is 0.429. The van der Waals surface area contributed by atoms with Gasteiger partial charge in [0.2, 0.25) is 0 Å². The van der Waals surface area contributed by atoms with Gasteiger partial charge in [0, 0.05) is 10.9 Å². The molecule has 0 aromatic heterocycles. The van der Waals surface area contributed by atoms with E-state index in [4.69, 9.17) is 22.4 Å². The summed E-state index contributed by atoms with van der Waals surface area (Å²) in [5, 5.41) is 18.8. The number of aliphatic carboxylic acids is 2. The number of carbonyl (C=O) groups is 2. The highest BCUT2D eigenvalue weighted by Crippen LogP contribution is 2.47. The predicted octanol–water partition coefficient (Wildman–Crippen LogP) is 1.78. The second-order valence-corrected chi connectivity index (χ2v) is 5.70. The Labute approximate surface area is 121 Å². The molecule has 0 heterocycles. The summed E-state index contributed by atoms with van der Waals surface area (Å²) in [6.07, 6.45) is 0.969. The minimum absolute atomic E-state index is 0.192. The second kappa shape index (κ2) is 5.42. The van der Waals surface area contributed by atoms with E-state index in [2.05, 4.69) is 0 Å². The largest absolute Gasteiger partial charge is 0.481 e. The summed E-state index contributed by atoms with van der Waals surface area (Å²) in [7, 11) is 0. The first-order valence-corrected chi connectivity index (χ1v) is 6.72. The summed E-state index contributed by atoms with van der Waals surface area (Å²) in [6.45, 7) is 0. The molecular weight excluding hydrogens is 282 g/mol. The standard InChI is InChI=1S/C14H16ClNO4/c15-9-3-1-2-8(6-9)4-5-14(16,13(19)20)11-7-10(11)12(17)18/h1-3,6,10-11H,4-5,7,16H2,(H,17,18)(H,19,20). The lowest BCUT2D eigenvalue weighted by Crippen LogP contribution is -2.51. The minimum atomic E-state index is -1.49. The molecule has 108 valence electrons. The van der Waals surface area contributed by atoms with E-state index < -0.39 is 29.3 Å². The van der Waals surface area contributed by atoms with Gasteiger partial charge in [-0.1, -0.05) is 23.7 Å². The summed E-state index contributed by atoms with van der Waals surface area (Å²) >= 11 is 5.87. The number of aryl methyl sites for hydroxylation is 1. The predicted molar refractivity (Wildman–Crippen MR) is 73.6 cm³/mol. The van der Waals surface area contributed by atoms with Crippen molar-refractivity contribution < 1.29 is 19.8 Å². The molecule has 5 nitrogen and oxygen atoms in total. The van der Waals surface area contributed by atoms with Crippen LogP contribution in [-0.2, 0) is 16.0 Å². The average Bonchev–Trinajstić information content (AvgIpc) is 3.16. The molecule has 1 aliphatic carbocycles. The molecule has 1 aromatic rings. The number of hydrogen-bond acceptors (Lipinski definition) is 3. The maximum Gasteiger partial charge on any atom is 0.324 e. The Balaban J connectivity index is 2.07. The molecule has 6 heteroatoms. The van der Waals surface area contributed by atoms with E-state index in [1.165, 1.54) is 0 Å². The van der Waals surface area contributed by atoms with Crippen molar-refractivity contribution in [2.75, 3.05) is 0 Å². The Morgan fingerprint density at radius 1 is 1.40 bits per heavy atom. The average molecular weight is 298 g/mol. The molecule has 0 amide bonds. The van der Waals surface area contributed by atoms with Crippen molar-refractivity contribution in [3.05, 3.63) is 34.9 Å². The molecule has 2 rings (SSSR count). The van der Waals surface area contributed by atoms with E-state index >= 15 is 0 Å². The van der Waals surface area contributed by atoms with Gasteiger partial charge in [-0.2, -0.15) is 0 Å². The number of carboxylic acid groups (broad SMARTS) is 2. The summed E-state index contributed by atoms with van der Waals surface area (Å²) in [5.41, 5.74) is 5.36. The molecule has 1 fully saturated rings. The van der Waals surface area contributed by atoms with E-state index in [9.17, 15) is 14.7 Å². The van der Waals surface area contributed by atoms with Crippen LogP contribution in [0.15, 0.2) is 24.3 Å². The number of nitrogens with two attached hydrogens (primary N) is 1. The van der Waals surface area contributed by atoms with Crippen LogP contribution >= 0.6 is 11.6 Å². The van der Waals surface area contributed by atoms with Gasteiger partial charge in [0.05, 0.1) is 5.92 Å². The smallest absolute Gasteiger partial charge is 0.324 e. The monoisotopic (exact) mass is 297 g/mol. The van der Waals surface area contributed by atoms with Crippen LogP contribution in [0, 0.1) is 11.8 Å². The molecule has 0 spiro atoms. The van der Waals surface area contributed by atoms with Crippen molar-refractivity contribution >= 4 is 23.5 Å². The third-order valence-corrected chi connectivity index (χ3v) is 4.12. The van der Waals surface area contributed by atoms with E-state index in [1.54, 1.807) is 18.2 Å². The number of hydrogen-bond donors (Lipinski definition) is 3. The van der Waals surface area contributed by atoms with Crippen molar-refractivity contribution in [2.45, 2.75) is 24.8 Å². The molecule has 0 bridgehead atoms. The number of halogens is 1. The summed E-state index contributed by atoms with van der Waals surface area (Å²) in [5.74, 6) is -3.27. The topological polar surface area (TPSA) is 101 Å². The first-order chi connectivity index (χ1) is 9.34. The lowest BCUT2D eigenvalue weighted by molar-refractivity contribution is -0.145. The summed E-state index contributed by atoms with van der Waals surface area (Å²) in [6, 6.07) is 7.12. The zero-order chi connectivity index (χ0) is 14.9. The van der Waals surface area contributed by atoms with Gasteiger partial charge in [-0.25, -0.2) is 0 Å². The Kier molecular flexibility index (Phi) is 4.01. The van der Waals surface area contributed by atoms with E-state index in [-0.39, 0.29) is 6.42 Å². The minimum Gasteiger partial charge on any atom is -0.481 e. The van der Waals surface area contributed by atoms with Gasteiger partial charge in [-0.15, -0.1) is 0 Å². The lowest BCUT2D eigenvalue weighted by atomic mass is 9.86. The second-order valence-electron chi connectivity index (χ2n) is 5.26. The Bertz CT molecular complexity index is 548. The van der Waals surface area contributed by atoms with E-state index in [0.29, 0.717) is 17.9 Å². The molecule has 1 saturated carbocycles. The van der Waals surface area contributed by atoms with Gasteiger partial charge < -0.3 is 15.9 Å². The normalized spacial score (nSPS) is 23.9. The van der Waals surface area contributed by atoms with Crippen LogP contribution in [0.3, 0.4) is 0 Å². The fourth-order valence-corrected chi connectivity index (χ4v) is 2.74. The van der Waals surface area contributed by atoms with Crippen LogP contribution < -0.4 is 5.73 Å². The molecule has 20 heavy (non-hydrogen) atoms. The van der Waals surface area contributed by atoms with Crippen LogP contribution in [0.4, 0.5) is 0 Å². The van der Waals surface area contributed by atoms with Crippen molar-refractivity contribution in [2.24, 2.45) is 17.6 Å². The van der Waals surface area contributed by atoms with Crippen molar-refractivity contribution in [3.8, 4) is 0 Å². The maximum absolute atomic E-state index is 11.4. The third-order valence-electron chi connectivity index (χ3n) is 3.88. The molecule has 0 saturated heterocycles. The highest BCUT2D eigenvalue weighted by atomic mass is 35.5. The lowest BCUT2D eigenvalue weighted by Gasteiger charge is -2.25. The van der Waals surface area contributed by atoms with Crippen molar-refractivity contribution in [3.63, 3.8) is 0 Å². The molecule has 1 aromatic carbocycles. The highest BCUT2D eigenvalue weighted by Gasteiger charge is 2.57. The molecule has 3 unspecified atom stereocenters. The maximum atomic E-state index is 11.4. The Morgan fingerprint density at radius 3 is 2.60 bits per heavy atom.